The first-order valence-electron chi connectivity index (χ1n) is 9.11. The Morgan fingerprint density at radius 2 is 1.77 bits per heavy atom. The Balaban J connectivity index is 1.68. The molecule has 0 unspecified atom stereocenters. The van der Waals surface area contributed by atoms with E-state index in [-0.39, 0.29) is 0 Å². The van der Waals surface area contributed by atoms with Crippen LogP contribution >= 0.6 is 0 Å². The zero-order valence-electron chi connectivity index (χ0n) is 15.7. The van der Waals surface area contributed by atoms with Crippen molar-refractivity contribution in [2.45, 2.75) is 33.1 Å². The lowest BCUT2D eigenvalue weighted by atomic mass is 9.98. The van der Waals surface area contributed by atoms with E-state index in [1.54, 1.807) is 6.20 Å². The monoisotopic (exact) mass is 346 g/mol. The molecule has 0 saturated carbocycles. The standard InChI is InChI=1S/C22H26N4/c1-16(2)19-11-7-8-17(3)21(19)26-22-24-15-13-20(25-22)23-14-12-18-9-5-4-6-10-18/h4-11,13,15-16H,12,14H2,1-3H3,(H2,23,24,25,26). The van der Waals surface area contributed by atoms with E-state index in [4.69, 9.17) is 0 Å². The SMILES string of the molecule is Cc1cccc(C(C)C)c1Nc1nccc(NCCc2ccccc2)n1. The highest BCUT2D eigenvalue weighted by molar-refractivity contribution is 5.64. The first kappa shape index (κ1) is 17.9. The van der Waals surface area contributed by atoms with Crippen molar-refractivity contribution in [2.24, 2.45) is 0 Å². The van der Waals surface area contributed by atoms with Gasteiger partial charge in [0.2, 0.25) is 5.95 Å². The van der Waals surface area contributed by atoms with Gasteiger partial charge in [-0.15, -0.1) is 0 Å². The number of benzene rings is 2. The molecular weight excluding hydrogens is 320 g/mol. The number of para-hydroxylation sites is 1. The summed E-state index contributed by atoms with van der Waals surface area (Å²) < 4.78 is 0. The minimum Gasteiger partial charge on any atom is -0.370 e. The highest BCUT2D eigenvalue weighted by Crippen LogP contribution is 2.29. The van der Waals surface area contributed by atoms with Crippen molar-refractivity contribution < 1.29 is 0 Å². The van der Waals surface area contributed by atoms with Gasteiger partial charge in [-0.1, -0.05) is 62.4 Å². The molecule has 2 aromatic carbocycles. The van der Waals surface area contributed by atoms with E-state index in [0.717, 1.165) is 24.5 Å². The van der Waals surface area contributed by atoms with Crippen LogP contribution < -0.4 is 10.6 Å². The summed E-state index contributed by atoms with van der Waals surface area (Å²) >= 11 is 0. The van der Waals surface area contributed by atoms with Crippen LogP contribution in [0.5, 0.6) is 0 Å². The van der Waals surface area contributed by atoms with Crippen molar-refractivity contribution in [3.05, 3.63) is 77.5 Å². The molecule has 0 aliphatic heterocycles. The molecule has 0 bridgehead atoms. The number of nitrogens with zero attached hydrogens (tertiary/aromatic N) is 2. The third-order valence-corrected chi connectivity index (χ3v) is 4.38. The maximum absolute atomic E-state index is 4.61. The average molecular weight is 346 g/mol. The zero-order chi connectivity index (χ0) is 18.4. The maximum Gasteiger partial charge on any atom is 0.229 e. The molecule has 0 radical (unpaired) electrons. The first-order valence-corrected chi connectivity index (χ1v) is 9.11. The van der Waals surface area contributed by atoms with Crippen LogP contribution in [-0.4, -0.2) is 16.5 Å². The minimum atomic E-state index is 0.435. The molecule has 4 heteroatoms. The molecule has 3 rings (SSSR count). The number of hydrogen-bond donors (Lipinski definition) is 2. The number of anilines is 3. The maximum atomic E-state index is 4.61. The van der Waals surface area contributed by atoms with Crippen molar-refractivity contribution >= 4 is 17.5 Å². The van der Waals surface area contributed by atoms with Crippen LogP contribution in [0.4, 0.5) is 17.5 Å². The van der Waals surface area contributed by atoms with Gasteiger partial charge < -0.3 is 10.6 Å². The number of hydrogen-bond acceptors (Lipinski definition) is 4. The Labute approximate surface area is 155 Å². The molecule has 0 saturated heterocycles. The predicted molar refractivity (Wildman–Crippen MR) is 109 cm³/mol. The fraction of sp³-hybridized carbons (Fsp3) is 0.273. The van der Waals surface area contributed by atoms with E-state index in [0.29, 0.717) is 11.9 Å². The van der Waals surface area contributed by atoms with Gasteiger partial charge in [-0.2, -0.15) is 4.98 Å². The summed E-state index contributed by atoms with van der Waals surface area (Å²) in [6.07, 6.45) is 2.75. The largest absolute Gasteiger partial charge is 0.370 e. The number of nitrogens with one attached hydrogen (secondary N) is 2. The smallest absolute Gasteiger partial charge is 0.229 e. The number of aryl methyl sites for hydroxylation is 1. The summed E-state index contributed by atoms with van der Waals surface area (Å²) in [4.78, 5) is 8.99. The Morgan fingerprint density at radius 3 is 2.54 bits per heavy atom. The normalized spacial score (nSPS) is 10.8. The van der Waals surface area contributed by atoms with Gasteiger partial charge >= 0.3 is 0 Å². The van der Waals surface area contributed by atoms with E-state index < -0.39 is 0 Å². The molecule has 0 atom stereocenters. The van der Waals surface area contributed by atoms with E-state index in [9.17, 15) is 0 Å². The summed E-state index contributed by atoms with van der Waals surface area (Å²) in [7, 11) is 0. The second kappa shape index (κ2) is 8.48. The highest BCUT2D eigenvalue weighted by atomic mass is 15.1. The van der Waals surface area contributed by atoms with Gasteiger partial charge in [0.25, 0.3) is 0 Å². The fourth-order valence-electron chi connectivity index (χ4n) is 2.95. The minimum absolute atomic E-state index is 0.435. The van der Waals surface area contributed by atoms with E-state index >= 15 is 0 Å². The molecular formula is C22H26N4. The van der Waals surface area contributed by atoms with Crippen molar-refractivity contribution in [3.63, 3.8) is 0 Å². The zero-order valence-corrected chi connectivity index (χ0v) is 15.7. The Bertz CT molecular complexity index is 844. The van der Waals surface area contributed by atoms with Crippen molar-refractivity contribution in [1.82, 2.24) is 9.97 Å². The van der Waals surface area contributed by atoms with Gasteiger partial charge in [-0.25, -0.2) is 4.98 Å². The number of rotatable bonds is 7. The average Bonchev–Trinajstić information content (AvgIpc) is 2.64. The molecule has 0 aliphatic carbocycles. The van der Waals surface area contributed by atoms with Crippen LogP contribution in [0.3, 0.4) is 0 Å². The number of aromatic nitrogens is 2. The lowest BCUT2D eigenvalue weighted by Crippen LogP contribution is -2.08. The molecule has 26 heavy (non-hydrogen) atoms. The second-order valence-electron chi connectivity index (χ2n) is 6.75. The quantitative estimate of drug-likeness (QED) is 0.609. The van der Waals surface area contributed by atoms with Crippen molar-refractivity contribution in [1.29, 1.82) is 0 Å². The van der Waals surface area contributed by atoms with Gasteiger partial charge in [0, 0.05) is 18.4 Å². The molecule has 0 aliphatic rings. The van der Waals surface area contributed by atoms with Crippen molar-refractivity contribution in [2.75, 3.05) is 17.2 Å². The molecule has 0 amide bonds. The van der Waals surface area contributed by atoms with Crippen molar-refractivity contribution in [3.8, 4) is 0 Å². The van der Waals surface area contributed by atoms with Gasteiger partial charge in [0.05, 0.1) is 0 Å². The summed E-state index contributed by atoms with van der Waals surface area (Å²) in [6, 6.07) is 18.7. The van der Waals surface area contributed by atoms with Gasteiger partial charge in [0.1, 0.15) is 5.82 Å². The molecule has 0 fully saturated rings. The van der Waals surface area contributed by atoms with E-state index in [1.165, 1.54) is 16.7 Å². The predicted octanol–water partition coefficient (Wildman–Crippen LogP) is 5.31. The molecule has 2 N–H and O–H groups in total. The second-order valence-corrected chi connectivity index (χ2v) is 6.75. The summed E-state index contributed by atoms with van der Waals surface area (Å²) in [5.74, 6) is 1.88. The molecule has 4 nitrogen and oxygen atoms in total. The highest BCUT2D eigenvalue weighted by Gasteiger charge is 2.10. The Morgan fingerprint density at radius 1 is 0.962 bits per heavy atom. The lowest BCUT2D eigenvalue weighted by Gasteiger charge is -2.16. The van der Waals surface area contributed by atoms with Crippen LogP contribution in [0.25, 0.3) is 0 Å². The van der Waals surface area contributed by atoms with Crippen LogP contribution in [0.15, 0.2) is 60.8 Å². The summed E-state index contributed by atoms with van der Waals surface area (Å²) in [6.45, 7) is 7.34. The summed E-state index contributed by atoms with van der Waals surface area (Å²) in [5, 5.41) is 6.79. The molecule has 134 valence electrons. The van der Waals surface area contributed by atoms with Gasteiger partial charge in [-0.05, 0) is 42.0 Å². The molecule has 3 aromatic rings. The van der Waals surface area contributed by atoms with E-state index in [1.807, 2.05) is 12.1 Å². The van der Waals surface area contributed by atoms with Gasteiger partial charge in [-0.3, -0.25) is 0 Å². The van der Waals surface area contributed by atoms with E-state index in [2.05, 4.69) is 83.8 Å². The fourth-order valence-corrected chi connectivity index (χ4v) is 2.95. The first-order chi connectivity index (χ1) is 12.6. The van der Waals surface area contributed by atoms with Crippen LogP contribution in [-0.2, 0) is 6.42 Å². The lowest BCUT2D eigenvalue weighted by molar-refractivity contribution is 0.866. The molecule has 1 aromatic heterocycles. The third kappa shape index (κ3) is 4.60. The van der Waals surface area contributed by atoms with Crippen LogP contribution in [0, 0.1) is 6.92 Å². The molecule has 0 spiro atoms. The topological polar surface area (TPSA) is 49.8 Å². The Hall–Kier alpha value is -2.88. The molecule has 1 heterocycles. The third-order valence-electron chi connectivity index (χ3n) is 4.38. The van der Waals surface area contributed by atoms with Crippen LogP contribution in [0.1, 0.15) is 36.5 Å². The summed E-state index contributed by atoms with van der Waals surface area (Å²) in [5.41, 5.74) is 4.89. The Kier molecular flexibility index (Phi) is 5.84. The van der Waals surface area contributed by atoms with Gasteiger partial charge in [0.15, 0.2) is 0 Å². The van der Waals surface area contributed by atoms with Crippen LogP contribution in [0.2, 0.25) is 0 Å².